The Morgan fingerprint density at radius 2 is 2.26 bits per heavy atom. The zero-order valence-electron chi connectivity index (χ0n) is 10.9. The number of aromatic carboxylic acids is 1. The molecule has 0 aliphatic rings. The van der Waals surface area contributed by atoms with E-state index in [4.69, 9.17) is 10.2 Å². The van der Waals surface area contributed by atoms with Gasteiger partial charge in [0.2, 0.25) is 0 Å². The molecule has 0 saturated carbocycles. The molecule has 0 aliphatic heterocycles. The van der Waals surface area contributed by atoms with Crippen LogP contribution in [-0.2, 0) is 6.54 Å². The molecule has 19 heavy (non-hydrogen) atoms. The molecule has 0 spiro atoms. The van der Waals surface area contributed by atoms with Crippen molar-refractivity contribution in [1.82, 2.24) is 9.55 Å². The number of imidazole rings is 1. The van der Waals surface area contributed by atoms with Gasteiger partial charge in [-0.1, -0.05) is 6.92 Å². The number of benzene rings is 1. The van der Waals surface area contributed by atoms with E-state index >= 15 is 0 Å². The molecule has 5 heteroatoms. The number of carbonyl (C=O) groups is 1. The van der Waals surface area contributed by atoms with Gasteiger partial charge in [0, 0.05) is 13.2 Å². The highest BCUT2D eigenvalue weighted by molar-refractivity contribution is 5.92. The summed E-state index contributed by atoms with van der Waals surface area (Å²) in [5.41, 5.74) is 1.93. The molecule has 0 aliphatic carbocycles. The zero-order chi connectivity index (χ0) is 13.8. The van der Waals surface area contributed by atoms with Crippen molar-refractivity contribution < 1.29 is 15.0 Å². The normalized spacial score (nSPS) is 12.7. The lowest BCUT2D eigenvalue weighted by atomic mass is 10.1. The Bertz CT molecular complexity index is 577. The number of hydrogen-bond acceptors (Lipinski definition) is 3. The van der Waals surface area contributed by atoms with Crippen LogP contribution in [-0.4, -0.2) is 32.3 Å². The van der Waals surface area contributed by atoms with E-state index in [2.05, 4.69) is 4.98 Å². The van der Waals surface area contributed by atoms with Crippen molar-refractivity contribution in [2.24, 2.45) is 5.92 Å². The van der Waals surface area contributed by atoms with Gasteiger partial charge in [0.1, 0.15) is 0 Å². The Kier molecular flexibility index (Phi) is 4.16. The number of aromatic nitrogens is 2. The van der Waals surface area contributed by atoms with Gasteiger partial charge in [-0.25, -0.2) is 9.78 Å². The van der Waals surface area contributed by atoms with Crippen molar-refractivity contribution in [3.8, 4) is 0 Å². The summed E-state index contributed by atoms with van der Waals surface area (Å²) >= 11 is 0. The zero-order valence-corrected chi connectivity index (χ0v) is 10.9. The largest absolute Gasteiger partial charge is 0.478 e. The highest BCUT2D eigenvalue weighted by Crippen LogP contribution is 2.16. The maximum absolute atomic E-state index is 11.0. The minimum atomic E-state index is -0.927. The summed E-state index contributed by atoms with van der Waals surface area (Å²) in [4.78, 5) is 15.2. The van der Waals surface area contributed by atoms with Crippen molar-refractivity contribution in [1.29, 1.82) is 0 Å². The van der Waals surface area contributed by atoms with Crippen LogP contribution in [0.4, 0.5) is 0 Å². The molecule has 1 atom stereocenters. The molecule has 1 unspecified atom stereocenters. The van der Waals surface area contributed by atoms with Crippen molar-refractivity contribution in [2.45, 2.75) is 26.3 Å². The van der Waals surface area contributed by atoms with Crippen molar-refractivity contribution >= 4 is 17.0 Å². The molecule has 0 fully saturated rings. The van der Waals surface area contributed by atoms with Gasteiger partial charge in [0.25, 0.3) is 0 Å². The fourth-order valence-electron chi connectivity index (χ4n) is 2.07. The van der Waals surface area contributed by atoms with E-state index in [0.717, 1.165) is 30.4 Å². The highest BCUT2D eigenvalue weighted by atomic mass is 16.4. The first kappa shape index (κ1) is 13.5. The van der Waals surface area contributed by atoms with E-state index in [9.17, 15) is 4.79 Å². The van der Waals surface area contributed by atoms with E-state index in [1.54, 1.807) is 24.5 Å². The molecule has 102 valence electrons. The van der Waals surface area contributed by atoms with Crippen LogP contribution in [0.1, 0.15) is 30.1 Å². The summed E-state index contributed by atoms with van der Waals surface area (Å²) in [6, 6.07) is 4.95. The number of hydrogen-bond donors (Lipinski definition) is 2. The number of carboxylic acid groups (broad SMARTS) is 1. The number of aryl methyl sites for hydroxylation is 1. The smallest absolute Gasteiger partial charge is 0.335 e. The van der Waals surface area contributed by atoms with Crippen LogP contribution in [0.3, 0.4) is 0 Å². The van der Waals surface area contributed by atoms with Gasteiger partial charge in [-0.3, -0.25) is 0 Å². The first-order valence-electron chi connectivity index (χ1n) is 6.41. The summed E-state index contributed by atoms with van der Waals surface area (Å²) in [7, 11) is 0. The third-order valence-corrected chi connectivity index (χ3v) is 3.28. The van der Waals surface area contributed by atoms with Gasteiger partial charge in [0.15, 0.2) is 0 Å². The summed E-state index contributed by atoms with van der Waals surface area (Å²) in [5.74, 6) is -0.632. The number of nitrogens with zero attached hydrogens (tertiary/aromatic N) is 2. The molecule has 2 aromatic rings. The standard InChI is InChI=1S/C14H18N2O3/c1-10(8-17)3-2-6-16-9-15-12-5-4-11(14(18)19)7-13(12)16/h4-5,7,9-10,17H,2-3,6,8H2,1H3,(H,18,19). The fraction of sp³-hybridized carbons (Fsp3) is 0.429. The molecule has 0 amide bonds. The summed E-state index contributed by atoms with van der Waals surface area (Å²) in [6.45, 7) is 2.99. The molecular weight excluding hydrogens is 244 g/mol. The van der Waals surface area contributed by atoms with Crippen LogP contribution in [0.2, 0.25) is 0 Å². The Labute approximate surface area is 111 Å². The number of rotatable bonds is 6. The van der Waals surface area contributed by atoms with Crippen LogP contribution in [0, 0.1) is 5.92 Å². The lowest BCUT2D eigenvalue weighted by Crippen LogP contribution is -2.04. The van der Waals surface area contributed by atoms with Gasteiger partial charge in [-0.05, 0) is 37.0 Å². The van der Waals surface area contributed by atoms with E-state index < -0.39 is 5.97 Å². The second-order valence-electron chi connectivity index (χ2n) is 4.88. The molecular formula is C14H18N2O3. The lowest BCUT2D eigenvalue weighted by Gasteiger charge is -2.08. The third kappa shape index (κ3) is 3.12. The van der Waals surface area contributed by atoms with Crippen LogP contribution in [0.5, 0.6) is 0 Å². The molecule has 0 radical (unpaired) electrons. The third-order valence-electron chi connectivity index (χ3n) is 3.28. The SMILES string of the molecule is CC(CO)CCCn1cnc2ccc(C(=O)O)cc21. The van der Waals surface area contributed by atoms with Crippen molar-refractivity contribution in [2.75, 3.05) is 6.61 Å². The highest BCUT2D eigenvalue weighted by Gasteiger charge is 2.08. The number of aliphatic hydroxyl groups excluding tert-OH is 1. The molecule has 2 N–H and O–H groups in total. The Morgan fingerprint density at radius 1 is 1.47 bits per heavy atom. The van der Waals surface area contributed by atoms with Gasteiger partial charge in [0.05, 0.1) is 22.9 Å². The van der Waals surface area contributed by atoms with Crippen LogP contribution < -0.4 is 0 Å². The topological polar surface area (TPSA) is 75.3 Å². The summed E-state index contributed by atoms with van der Waals surface area (Å²) in [6.07, 6.45) is 3.61. The van der Waals surface area contributed by atoms with Crippen LogP contribution >= 0.6 is 0 Å². The molecule has 5 nitrogen and oxygen atoms in total. The van der Waals surface area contributed by atoms with E-state index in [0.29, 0.717) is 5.92 Å². The number of fused-ring (bicyclic) bond motifs is 1. The Morgan fingerprint density at radius 3 is 2.95 bits per heavy atom. The van der Waals surface area contributed by atoms with Gasteiger partial charge in [-0.15, -0.1) is 0 Å². The summed E-state index contributed by atoms with van der Waals surface area (Å²) in [5, 5.41) is 18.0. The first-order valence-corrected chi connectivity index (χ1v) is 6.41. The van der Waals surface area contributed by atoms with Gasteiger partial charge < -0.3 is 14.8 Å². The predicted molar refractivity (Wildman–Crippen MR) is 72.2 cm³/mol. The number of aliphatic hydroxyl groups is 1. The van der Waals surface area contributed by atoms with E-state index in [-0.39, 0.29) is 12.2 Å². The minimum Gasteiger partial charge on any atom is -0.478 e. The molecule has 1 aromatic heterocycles. The average molecular weight is 262 g/mol. The first-order chi connectivity index (χ1) is 9.11. The molecule has 1 aromatic carbocycles. The molecule has 2 rings (SSSR count). The van der Waals surface area contributed by atoms with Gasteiger partial charge >= 0.3 is 5.97 Å². The van der Waals surface area contributed by atoms with E-state index in [1.165, 1.54) is 0 Å². The fourth-order valence-corrected chi connectivity index (χ4v) is 2.07. The van der Waals surface area contributed by atoms with Crippen LogP contribution in [0.15, 0.2) is 24.5 Å². The monoisotopic (exact) mass is 262 g/mol. The Balaban J connectivity index is 2.14. The predicted octanol–water partition coefficient (Wildman–Crippen LogP) is 2.14. The second-order valence-corrected chi connectivity index (χ2v) is 4.88. The van der Waals surface area contributed by atoms with Crippen molar-refractivity contribution in [3.63, 3.8) is 0 Å². The van der Waals surface area contributed by atoms with Crippen LogP contribution in [0.25, 0.3) is 11.0 Å². The molecule has 1 heterocycles. The lowest BCUT2D eigenvalue weighted by molar-refractivity contribution is 0.0697. The quantitative estimate of drug-likeness (QED) is 0.836. The van der Waals surface area contributed by atoms with Gasteiger partial charge in [-0.2, -0.15) is 0 Å². The summed E-state index contributed by atoms with van der Waals surface area (Å²) < 4.78 is 1.96. The maximum Gasteiger partial charge on any atom is 0.335 e. The molecule has 0 saturated heterocycles. The number of carboxylic acids is 1. The van der Waals surface area contributed by atoms with E-state index in [1.807, 2.05) is 11.5 Å². The Hall–Kier alpha value is -1.88. The molecule has 0 bridgehead atoms. The second kappa shape index (κ2) is 5.84. The maximum atomic E-state index is 11.0. The van der Waals surface area contributed by atoms with Crippen molar-refractivity contribution in [3.05, 3.63) is 30.1 Å². The minimum absolute atomic E-state index is 0.202. The average Bonchev–Trinajstić information content (AvgIpc) is 2.81.